The molecule has 1 unspecified atom stereocenters. The molecule has 8 heteroatoms. The van der Waals surface area contributed by atoms with E-state index in [4.69, 9.17) is 11.6 Å². The van der Waals surface area contributed by atoms with Crippen LogP contribution >= 0.6 is 11.6 Å². The maximum absolute atomic E-state index is 13.1. The standard InChI is InChI=1S/C23H28ClN3O3S/c24-21-10-8-19(9-11-21)17-25-12-4-5-20(18-25)23(28)26-13-15-27(16-14-26)31(29,30)22-6-2-1-3-7-22/h1-3,6-11,20H,4-5,12-18H2. The quantitative estimate of drug-likeness (QED) is 0.686. The Morgan fingerprint density at radius 2 is 1.61 bits per heavy atom. The third-order valence-electron chi connectivity index (χ3n) is 6.11. The van der Waals surface area contributed by atoms with Gasteiger partial charge in [0.1, 0.15) is 0 Å². The lowest BCUT2D eigenvalue weighted by Crippen LogP contribution is -2.53. The molecule has 166 valence electrons. The van der Waals surface area contributed by atoms with Gasteiger partial charge in [-0.3, -0.25) is 9.69 Å². The van der Waals surface area contributed by atoms with Crippen LogP contribution in [0.25, 0.3) is 0 Å². The first-order chi connectivity index (χ1) is 14.9. The van der Waals surface area contributed by atoms with Crippen molar-refractivity contribution in [1.29, 1.82) is 0 Å². The summed E-state index contributed by atoms with van der Waals surface area (Å²) in [6, 6.07) is 16.3. The summed E-state index contributed by atoms with van der Waals surface area (Å²) in [6.45, 7) is 4.09. The molecule has 1 amide bonds. The minimum atomic E-state index is -3.50. The third kappa shape index (κ3) is 5.29. The van der Waals surface area contributed by atoms with Gasteiger partial charge in [0.2, 0.25) is 15.9 Å². The predicted octanol–water partition coefficient (Wildman–Crippen LogP) is 3.09. The second-order valence-electron chi connectivity index (χ2n) is 8.24. The van der Waals surface area contributed by atoms with Gasteiger partial charge in [-0.1, -0.05) is 41.9 Å². The molecule has 0 saturated carbocycles. The van der Waals surface area contributed by atoms with Gasteiger partial charge < -0.3 is 4.90 Å². The Morgan fingerprint density at radius 3 is 2.29 bits per heavy atom. The summed E-state index contributed by atoms with van der Waals surface area (Å²) >= 11 is 5.97. The number of likely N-dealkylation sites (tertiary alicyclic amines) is 1. The van der Waals surface area contributed by atoms with E-state index in [0.29, 0.717) is 31.1 Å². The van der Waals surface area contributed by atoms with E-state index in [1.807, 2.05) is 29.2 Å². The fourth-order valence-electron chi connectivity index (χ4n) is 4.40. The van der Waals surface area contributed by atoms with Crippen molar-refractivity contribution in [2.24, 2.45) is 5.92 Å². The first kappa shape index (κ1) is 22.3. The highest BCUT2D eigenvalue weighted by Crippen LogP contribution is 2.23. The number of piperazine rings is 1. The smallest absolute Gasteiger partial charge is 0.243 e. The Labute approximate surface area is 189 Å². The number of rotatable bonds is 5. The van der Waals surface area contributed by atoms with Crippen molar-refractivity contribution in [3.8, 4) is 0 Å². The maximum atomic E-state index is 13.1. The van der Waals surface area contributed by atoms with Crippen LogP contribution in [0.15, 0.2) is 59.5 Å². The zero-order valence-corrected chi connectivity index (χ0v) is 19.1. The molecule has 0 aromatic heterocycles. The Kier molecular flexibility index (Phi) is 6.96. The molecule has 6 nitrogen and oxygen atoms in total. The molecule has 2 saturated heterocycles. The molecular weight excluding hydrogens is 434 g/mol. The van der Waals surface area contributed by atoms with Crippen molar-refractivity contribution in [2.45, 2.75) is 24.3 Å². The molecular formula is C23H28ClN3O3S. The van der Waals surface area contributed by atoms with Crippen LogP contribution in [-0.4, -0.2) is 67.7 Å². The molecule has 0 spiro atoms. The summed E-state index contributed by atoms with van der Waals surface area (Å²) < 4.78 is 27.1. The largest absolute Gasteiger partial charge is 0.340 e. The van der Waals surface area contributed by atoms with Crippen molar-refractivity contribution in [1.82, 2.24) is 14.1 Å². The summed E-state index contributed by atoms with van der Waals surface area (Å²) in [5.74, 6) is 0.121. The molecule has 0 N–H and O–H groups in total. The van der Waals surface area contributed by atoms with Crippen LogP contribution in [0.1, 0.15) is 18.4 Å². The summed E-state index contributed by atoms with van der Waals surface area (Å²) in [4.78, 5) is 17.6. The van der Waals surface area contributed by atoms with Crippen molar-refractivity contribution >= 4 is 27.5 Å². The second-order valence-corrected chi connectivity index (χ2v) is 10.6. The number of amides is 1. The van der Waals surface area contributed by atoms with E-state index in [1.165, 1.54) is 9.87 Å². The van der Waals surface area contributed by atoms with Crippen LogP contribution in [-0.2, 0) is 21.4 Å². The summed E-state index contributed by atoms with van der Waals surface area (Å²) in [7, 11) is -3.50. The molecule has 2 aromatic carbocycles. The molecule has 2 fully saturated rings. The van der Waals surface area contributed by atoms with Crippen molar-refractivity contribution < 1.29 is 13.2 Å². The van der Waals surface area contributed by atoms with Gasteiger partial charge in [-0.15, -0.1) is 0 Å². The summed E-state index contributed by atoms with van der Waals surface area (Å²) in [5, 5.41) is 0.726. The summed E-state index contributed by atoms with van der Waals surface area (Å²) in [6.07, 6.45) is 1.88. The van der Waals surface area contributed by atoms with Crippen LogP contribution in [0.3, 0.4) is 0 Å². The van der Waals surface area contributed by atoms with Crippen LogP contribution in [0.2, 0.25) is 5.02 Å². The van der Waals surface area contributed by atoms with Gasteiger partial charge in [-0.2, -0.15) is 4.31 Å². The van der Waals surface area contributed by atoms with Crippen LogP contribution < -0.4 is 0 Å². The Bertz CT molecular complexity index is 990. The lowest BCUT2D eigenvalue weighted by molar-refractivity contribution is -0.138. The fourth-order valence-corrected chi connectivity index (χ4v) is 5.97. The zero-order chi connectivity index (χ0) is 21.8. The molecule has 2 aliphatic rings. The average Bonchev–Trinajstić information content (AvgIpc) is 2.81. The van der Waals surface area contributed by atoms with Crippen LogP contribution in [0.5, 0.6) is 0 Å². The number of hydrogen-bond acceptors (Lipinski definition) is 4. The molecule has 2 heterocycles. The summed E-state index contributed by atoms with van der Waals surface area (Å²) in [5.41, 5.74) is 1.19. The van der Waals surface area contributed by atoms with Gasteiger partial charge in [0.05, 0.1) is 10.8 Å². The molecule has 2 aromatic rings. The monoisotopic (exact) mass is 461 g/mol. The maximum Gasteiger partial charge on any atom is 0.243 e. The molecule has 31 heavy (non-hydrogen) atoms. The van der Waals surface area contributed by atoms with E-state index in [-0.39, 0.29) is 11.8 Å². The van der Waals surface area contributed by atoms with Crippen molar-refractivity contribution in [3.05, 3.63) is 65.2 Å². The molecule has 0 aliphatic carbocycles. The van der Waals surface area contributed by atoms with E-state index >= 15 is 0 Å². The lowest BCUT2D eigenvalue weighted by Gasteiger charge is -2.38. The first-order valence-electron chi connectivity index (χ1n) is 10.7. The van der Waals surface area contributed by atoms with E-state index in [1.54, 1.807) is 30.3 Å². The topological polar surface area (TPSA) is 60.9 Å². The van der Waals surface area contributed by atoms with Gasteiger partial charge in [-0.05, 0) is 49.2 Å². The van der Waals surface area contributed by atoms with Crippen LogP contribution in [0, 0.1) is 5.92 Å². The van der Waals surface area contributed by atoms with E-state index in [2.05, 4.69) is 4.90 Å². The Balaban J connectivity index is 1.32. The molecule has 0 radical (unpaired) electrons. The van der Waals surface area contributed by atoms with Crippen LogP contribution in [0.4, 0.5) is 0 Å². The van der Waals surface area contributed by atoms with Gasteiger partial charge in [0.15, 0.2) is 0 Å². The SMILES string of the molecule is O=C(C1CCCN(Cc2ccc(Cl)cc2)C1)N1CCN(S(=O)(=O)c2ccccc2)CC1. The number of sulfonamides is 1. The normalized spacial score (nSPS) is 21.2. The number of hydrogen-bond donors (Lipinski definition) is 0. The van der Waals surface area contributed by atoms with Gasteiger partial charge in [0.25, 0.3) is 0 Å². The van der Waals surface area contributed by atoms with Gasteiger partial charge in [-0.25, -0.2) is 8.42 Å². The molecule has 4 rings (SSSR count). The number of nitrogens with zero attached hydrogens (tertiary/aromatic N) is 3. The number of carbonyl (C=O) groups is 1. The van der Waals surface area contributed by atoms with Crippen molar-refractivity contribution in [2.75, 3.05) is 39.3 Å². The lowest BCUT2D eigenvalue weighted by atomic mass is 9.95. The molecule has 2 aliphatic heterocycles. The van der Waals surface area contributed by atoms with E-state index in [9.17, 15) is 13.2 Å². The first-order valence-corrected chi connectivity index (χ1v) is 12.6. The molecule has 1 atom stereocenters. The number of piperidine rings is 1. The second kappa shape index (κ2) is 9.69. The van der Waals surface area contributed by atoms with Gasteiger partial charge in [0, 0.05) is 44.3 Å². The average molecular weight is 462 g/mol. The fraction of sp³-hybridized carbons (Fsp3) is 0.435. The number of carbonyl (C=O) groups excluding carboxylic acids is 1. The Morgan fingerprint density at radius 1 is 0.935 bits per heavy atom. The minimum absolute atomic E-state index is 0.0293. The zero-order valence-electron chi connectivity index (χ0n) is 17.5. The van der Waals surface area contributed by atoms with Gasteiger partial charge >= 0.3 is 0 Å². The number of benzene rings is 2. The third-order valence-corrected chi connectivity index (χ3v) is 8.27. The predicted molar refractivity (Wildman–Crippen MR) is 121 cm³/mol. The highest BCUT2D eigenvalue weighted by Gasteiger charge is 2.34. The molecule has 0 bridgehead atoms. The minimum Gasteiger partial charge on any atom is -0.340 e. The number of halogens is 1. The highest BCUT2D eigenvalue weighted by atomic mass is 35.5. The van der Waals surface area contributed by atoms with E-state index in [0.717, 1.165) is 37.5 Å². The highest BCUT2D eigenvalue weighted by molar-refractivity contribution is 7.89. The van der Waals surface area contributed by atoms with E-state index < -0.39 is 10.0 Å². The van der Waals surface area contributed by atoms with Crippen molar-refractivity contribution in [3.63, 3.8) is 0 Å². The Hall–Kier alpha value is -1.93.